The molecular formula is C15H18BrNS. The van der Waals surface area contributed by atoms with Crippen molar-refractivity contribution in [2.75, 3.05) is 6.54 Å². The fourth-order valence-corrected chi connectivity index (χ4v) is 3.96. The fraction of sp³-hybridized carbons (Fsp3) is 0.333. The third kappa shape index (κ3) is 2.85. The summed E-state index contributed by atoms with van der Waals surface area (Å²) in [5, 5.41) is 0. The monoisotopic (exact) mass is 323 g/mol. The van der Waals surface area contributed by atoms with Gasteiger partial charge in [0.2, 0.25) is 0 Å². The van der Waals surface area contributed by atoms with Crippen LogP contribution in [0.4, 0.5) is 0 Å². The fourth-order valence-electron chi connectivity index (χ4n) is 2.34. The van der Waals surface area contributed by atoms with E-state index in [0.29, 0.717) is 6.54 Å². The van der Waals surface area contributed by atoms with Gasteiger partial charge in [0.05, 0.1) is 3.79 Å². The minimum atomic E-state index is 0.0611. The van der Waals surface area contributed by atoms with E-state index in [0.717, 1.165) is 12.8 Å². The molecule has 2 aromatic rings. The molecule has 0 aliphatic heterocycles. The molecule has 1 nitrogen and oxygen atoms in total. The summed E-state index contributed by atoms with van der Waals surface area (Å²) in [5.74, 6) is 0. The first-order chi connectivity index (χ1) is 8.70. The van der Waals surface area contributed by atoms with Gasteiger partial charge in [0.1, 0.15) is 0 Å². The van der Waals surface area contributed by atoms with Crippen molar-refractivity contribution in [3.8, 4) is 0 Å². The van der Waals surface area contributed by atoms with E-state index in [9.17, 15) is 0 Å². The Hall–Kier alpha value is -0.640. The van der Waals surface area contributed by atoms with Crippen molar-refractivity contribution in [2.45, 2.75) is 25.2 Å². The highest BCUT2D eigenvalue weighted by Crippen LogP contribution is 2.34. The number of hydrogen-bond donors (Lipinski definition) is 1. The Labute approximate surface area is 121 Å². The molecule has 0 aliphatic carbocycles. The van der Waals surface area contributed by atoms with Crippen molar-refractivity contribution in [1.29, 1.82) is 0 Å². The molecule has 0 saturated carbocycles. The average molecular weight is 324 g/mol. The molecule has 0 amide bonds. The van der Waals surface area contributed by atoms with Crippen molar-refractivity contribution in [1.82, 2.24) is 0 Å². The van der Waals surface area contributed by atoms with E-state index < -0.39 is 0 Å². The molecule has 1 atom stereocenters. The summed E-state index contributed by atoms with van der Waals surface area (Å²) in [6.45, 7) is 2.91. The van der Waals surface area contributed by atoms with Crippen LogP contribution in [0.25, 0.3) is 0 Å². The Morgan fingerprint density at radius 3 is 2.39 bits per heavy atom. The Kier molecular flexibility index (Phi) is 4.60. The average Bonchev–Trinajstić information content (AvgIpc) is 2.82. The molecule has 0 aliphatic rings. The molecule has 1 heterocycles. The molecule has 96 valence electrons. The maximum absolute atomic E-state index is 6.10. The van der Waals surface area contributed by atoms with Gasteiger partial charge in [0, 0.05) is 16.8 Å². The van der Waals surface area contributed by atoms with Crippen molar-refractivity contribution >= 4 is 27.3 Å². The summed E-state index contributed by atoms with van der Waals surface area (Å²) in [6, 6.07) is 14.9. The van der Waals surface area contributed by atoms with Crippen molar-refractivity contribution < 1.29 is 0 Å². The zero-order chi connectivity index (χ0) is 13.0. The summed E-state index contributed by atoms with van der Waals surface area (Å²) in [4.78, 5) is 1.39. The summed E-state index contributed by atoms with van der Waals surface area (Å²) in [7, 11) is 0. The Bertz CT molecular complexity index is 488. The van der Waals surface area contributed by atoms with Crippen molar-refractivity contribution in [3.05, 3.63) is 56.7 Å². The summed E-state index contributed by atoms with van der Waals surface area (Å²) in [5.41, 5.74) is 7.51. The molecule has 18 heavy (non-hydrogen) atoms. The Morgan fingerprint density at radius 1 is 1.17 bits per heavy atom. The lowest BCUT2D eigenvalue weighted by Gasteiger charge is -2.31. The molecule has 2 N–H and O–H groups in total. The lowest BCUT2D eigenvalue weighted by Crippen LogP contribution is -2.36. The zero-order valence-electron chi connectivity index (χ0n) is 10.5. The summed E-state index contributed by atoms with van der Waals surface area (Å²) >= 11 is 5.33. The van der Waals surface area contributed by atoms with E-state index in [1.807, 2.05) is 0 Å². The highest BCUT2D eigenvalue weighted by molar-refractivity contribution is 9.11. The minimum absolute atomic E-state index is 0.0611. The molecule has 2 rings (SSSR count). The second kappa shape index (κ2) is 6.00. The maximum Gasteiger partial charge on any atom is 0.0701 e. The number of benzene rings is 1. The Morgan fingerprint density at radius 2 is 1.89 bits per heavy atom. The molecule has 0 fully saturated rings. The van der Waals surface area contributed by atoms with Gasteiger partial charge in [-0.1, -0.05) is 37.3 Å². The van der Waals surface area contributed by atoms with Gasteiger partial charge in [-0.2, -0.15) is 0 Å². The van der Waals surface area contributed by atoms with Crippen LogP contribution < -0.4 is 5.73 Å². The second-order valence-electron chi connectivity index (χ2n) is 4.59. The van der Waals surface area contributed by atoms with Gasteiger partial charge in [-0.25, -0.2) is 0 Å². The van der Waals surface area contributed by atoms with E-state index in [-0.39, 0.29) is 5.41 Å². The second-order valence-corrected chi connectivity index (χ2v) is 7.13. The lowest BCUT2D eigenvalue weighted by atomic mass is 9.75. The van der Waals surface area contributed by atoms with Crippen LogP contribution in [0.5, 0.6) is 0 Å². The van der Waals surface area contributed by atoms with Crippen LogP contribution in [0.2, 0.25) is 0 Å². The summed E-state index contributed by atoms with van der Waals surface area (Å²) in [6.07, 6.45) is 2.07. The number of hydrogen-bond acceptors (Lipinski definition) is 2. The third-order valence-electron chi connectivity index (χ3n) is 3.60. The molecule has 3 heteroatoms. The van der Waals surface area contributed by atoms with Crippen LogP contribution in [0.1, 0.15) is 23.8 Å². The van der Waals surface area contributed by atoms with Gasteiger partial charge < -0.3 is 5.73 Å². The summed E-state index contributed by atoms with van der Waals surface area (Å²) < 4.78 is 1.19. The predicted octanol–water partition coefficient (Wildman–Crippen LogP) is 4.36. The van der Waals surface area contributed by atoms with Gasteiger partial charge in [0.15, 0.2) is 0 Å². The number of nitrogens with two attached hydrogens (primary N) is 1. The molecular weight excluding hydrogens is 306 g/mol. The van der Waals surface area contributed by atoms with Crippen molar-refractivity contribution in [3.63, 3.8) is 0 Å². The van der Waals surface area contributed by atoms with Gasteiger partial charge in [-0.15, -0.1) is 11.3 Å². The van der Waals surface area contributed by atoms with Gasteiger partial charge in [0.25, 0.3) is 0 Å². The van der Waals surface area contributed by atoms with E-state index in [1.165, 1.54) is 14.2 Å². The molecule has 1 aromatic heterocycles. The van der Waals surface area contributed by atoms with Crippen LogP contribution in [-0.2, 0) is 11.8 Å². The SMILES string of the molecule is CCC(CN)(Cc1ccc(Br)s1)c1ccccc1. The molecule has 0 bridgehead atoms. The Balaban J connectivity index is 2.32. The smallest absolute Gasteiger partial charge is 0.0701 e. The van der Waals surface area contributed by atoms with E-state index in [1.54, 1.807) is 11.3 Å². The number of rotatable bonds is 5. The maximum atomic E-state index is 6.10. The van der Waals surface area contributed by atoms with Gasteiger partial charge in [-0.05, 0) is 46.5 Å². The van der Waals surface area contributed by atoms with E-state index >= 15 is 0 Å². The normalized spacial score (nSPS) is 14.4. The third-order valence-corrected chi connectivity index (χ3v) is 5.22. The van der Waals surface area contributed by atoms with Gasteiger partial charge >= 0.3 is 0 Å². The molecule has 1 aromatic carbocycles. The van der Waals surface area contributed by atoms with Crippen LogP contribution in [0, 0.1) is 0 Å². The van der Waals surface area contributed by atoms with Crippen LogP contribution in [0.3, 0.4) is 0 Å². The molecule has 1 unspecified atom stereocenters. The van der Waals surface area contributed by atoms with Crippen LogP contribution in [-0.4, -0.2) is 6.54 Å². The van der Waals surface area contributed by atoms with Gasteiger partial charge in [-0.3, -0.25) is 0 Å². The molecule has 0 saturated heterocycles. The highest BCUT2D eigenvalue weighted by Gasteiger charge is 2.29. The zero-order valence-corrected chi connectivity index (χ0v) is 12.9. The first-order valence-electron chi connectivity index (χ1n) is 6.20. The lowest BCUT2D eigenvalue weighted by molar-refractivity contribution is 0.421. The number of thiophene rings is 1. The van der Waals surface area contributed by atoms with Crippen LogP contribution in [0.15, 0.2) is 46.3 Å². The predicted molar refractivity (Wildman–Crippen MR) is 83.2 cm³/mol. The number of halogens is 1. The first kappa shape index (κ1) is 13.8. The first-order valence-corrected chi connectivity index (χ1v) is 7.81. The minimum Gasteiger partial charge on any atom is -0.330 e. The van der Waals surface area contributed by atoms with E-state index in [2.05, 4.69) is 65.3 Å². The van der Waals surface area contributed by atoms with Crippen LogP contribution >= 0.6 is 27.3 Å². The standard InChI is InChI=1S/C15H18BrNS/c1-2-15(11-17,12-6-4-3-5-7-12)10-13-8-9-14(16)18-13/h3-9H,2,10-11,17H2,1H3. The molecule has 0 radical (unpaired) electrons. The molecule has 0 spiro atoms. The topological polar surface area (TPSA) is 26.0 Å². The van der Waals surface area contributed by atoms with E-state index in [4.69, 9.17) is 5.73 Å². The van der Waals surface area contributed by atoms with Crippen molar-refractivity contribution in [2.24, 2.45) is 5.73 Å². The quantitative estimate of drug-likeness (QED) is 0.869. The highest BCUT2D eigenvalue weighted by atomic mass is 79.9. The largest absolute Gasteiger partial charge is 0.330 e.